The number of fused-ring (bicyclic) bond motifs is 1. The van der Waals surface area contributed by atoms with Gasteiger partial charge in [0.25, 0.3) is 0 Å². The summed E-state index contributed by atoms with van der Waals surface area (Å²) in [4.78, 5) is 13.5. The van der Waals surface area contributed by atoms with Gasteiger partial charge in [-0.25, -0.2) is 0 Å². The van der Waals surface area contributed by atoms with Gasteiger partial charge >= 0.3 is 0 Å². The Labute approximate surface area is 98.4 Å². The van der Waals surface area contributed by atoms with Crippen molar-refractivity contribution in [3.05, 3.63) is 28.2 Å². The molecule has 1 amide bonds. The molecular formula is C12H14BrNO. The lowest BCUT2D eigenvalue weighted by Crippen LogP contribution is -2.39. The Kier molecular flexibility index (Phi) is 2.38. The maximum atomic E-state index is 11.8. The molecule has 1 heterocycles. The fraction of sp³-hybridized carbons (Fsp3) is 0.417. The molecule has 1 aromatic rings. The van der Waals surface area contributed by atoms with Crippen LogP contribution in [0.1, 0.15) is 25.8 Å². The number of rotatable bonds is 0. The molecule has 0 bridgehead atoms. The van der Waals surface area contributed by atoms with E-state index in [1.54, 1.807) is 4.90 Å². The van der Waals surface area contributed by atoms with E-state index in [1.807, 2.05) is 19.2 Å². The van der Waals surface area contributed by atoms with Crippen LogP contribution in [0, 0.1) is 0 Å². The van der Waals surface area contributed by atoms with Crippen molar-refractivity contribution < 1.29 is 4.79 Å². The predicted octanol–water partition coefficient (Wildman–Crippen LogP) is 3.09. The molecule has 0 N–H and O–H groups in total. The molecule has 0 radical (unpaired) electrons. The summed E-state index contributed by atoms with van der Waals surface area (Å²) in [6.07, 6.45) is 0.581. The highest BCUT2D eigenvalue weighted by Gasteiger charge is 2.34. The normalized spacial score (nSPS) is 18.9. The molecule has 1 aromatic carbocycles. The first-order valence-electron chi connectivity index (χ1n) is 4.98. The van der Waals surface area contributed by atoms with Crippen molar-refractivity contribution in [3.63, 3.8) is 0 Å². The summed E-state index contributed by atoms with van der Waals surface area (Å²) in [5, 5.41) is 0. The van der Waals surface area contributed by atoms with Gasteiger partial charge in [-0.3, -0.25) is 4.79 Å². The molecule has 0 aliphatic carbocycles. The fourth-order valence-electron chi connectivity index (χ4n) is 2.08. The van der Waals surface area contributed by atoms with Crippen LogP contribution in [0.15, 0.2) is 22.7 Å². The van der Waals surface area contributed by atoms with Gasteiger partial charge in [-0.05, 0) is 17.7 Å². The maximum absolute atomic E-state index is 11.8. The van der Waals surface area contributed by atoms with E-state index in [-0.39, 0.29) is 11.3 Å². The van der Waals surface area contributed by atoms with Crippen LogP contribution in [0.25, 0.3) is 0 Å². The van der Waals surface area contributed by atoms with Crippen LogP contribution < -0.4 is 4.90 Å². The zero-order valence-electron chi connectivity index (χ0n) is 9.17. The molecule has 2 nitrogen and oxygen atoms in total. The molecule has 0 saturated heterocycles. The van der Waals surface area contributed by atoms with Gasteiger partial charge in [0.15, 0.2) is 0 Å². The number of anilines is 1. The standard InChI is InChI=1S/C12H14BrNO/c1-12(2)7-11(15)14(3)10-6-8(13)4-5-9(10)12/h4-6H,7H2,1-3H3. The number of amides is 1. The number of carbonyl (C=O) groups is 1. The van der Waals surface area contributed by atoms with Gasteiger partial charge < -0.3 is 4.90 Å². The van der Waals surface area contributed by atoms with Crippen molar-refractivity contribution in [1.29, 1.82) is 0 Å². The third-order valence-corrected chi connectivity index (χ3v) is 3.51. The summed E-state index contributed by atoms with van der Waals surface area (Å²) in [5.41, 5.74) is 2.21. The van der Waals surface area contributed by atoms with Crippen molar-refractivity contribution in [1.82, 2.24) is 0 Å². The third kappa shape index (κ3) is 1.69. The molecule has 2 rings (SSSR count). The van der Waals surface area contributed by atoms with Crippen molar-refractivity contribution >= 4 is 27.5 Å². The number of hydrogen-bond donors (Lipinski definition) is 0. The first-order valence-corrected chi connectivity index (χ1v) is 5.78. The summed E-state index contributed by atoms with van der Waals surface area (Å²) in [6.45, 7) is 4.23. The van der Waals surface area contributed by atoms with Gasteiger partial charge in [0.1, 0.15) is 0 Å². The van der Waals surface area contributed by atoms with Crippen LogP contribution in [0.3, 0.4) is 0 Å². The molecule has 80 valence electrons. The summed E-state index contributed by atoms with van der Waals surface area (Å²) >= 11 is 3.44. The average molecular weight is 268 g/mol. The molecule has 0 aromatic heterocycles. The number of benzene rings is 1. The highest BCUT2D eigenvalue weighted by molar-refractivity contribution is 9.10. The topological polar surface area (TPSA) is 20.3 Å². The first-order chi connectivity index (χ1) is 6.92. The van der Waals surface area contributed by atoms with Crippen LogP contribution in [0.5, 0.6) is 0 Å². The zero-order valence-corrected chi connectivity index (χ0v) is 10.8. The summed E-state index contributed by atoms with van der Waals surface area (Å²) in [5.74, 6) is 0.186. The van der Waals surface area contributed by atoms with E-state index in [0.29, 0.717) is 6.42 Å². The second-order valence-electron chi connectivity index (χ2n) is 4.67. The van der Waals surface area contributed by atoms with E-state index in [0.717, 1.165) is 10.2 Å². The van der Waals surface area contributed by atoms with Crippen molar-refractivity contribution in [2.75, 3.05) is 11.9 Å². The molecule has 3 heteroatoms. The molecule has 1 aliphatic heterocycles. The summed E-state index contributed by atoms with van der Waals surface area (Å²) in [6, 6.07) is 6.14. The van der Waals surface area contributed by atoms with E-state index in [1.165, 1.54) is 5.56 Å². The molecule has 0 saturated carbocycles. The Morgan fingerprint density at radius 3 is 2.73 bits per heavy atom. The van der Waals surface area contributed by atoms with Gasteiger partial charge in [0.05, 0.1) is 0 Å². The van der Waals surface area contributed by atoms with Gasteiger partial charge in [-0.15, -0.1) is 0 Å². The average Bonchev–Trinajstić information content (AvgIpc) is 2.13. The Balaban J connectivity index is 2.64. The van der Waals surface area contributed by atoms with E-state index >= 15 is 0 Å². The summed E-state index contributed by atoms with van der Waals surface area (Å²) in [7, 11) is 1.84. The minimum Gasteiger partial charge on any atom is -0.315 e. The third-order valence-electron chi connectivity index (χ3n) is 3.02. The first kappa shape index (κ1) is 10.7. The maximum Gasteiger partial charge on any atom is 0.227 e. The minimum atomic E-state index is -0.0559. The minimum absolute atomic E-state index is 0.0559. The number of halogens is 1. The highest BCUT2D eigenvalue weighted by Crippen LogP contribution is 2.40. The van der Waals surface area contributed by atoms with E-state index in [2.05, 4.69) is 35.8 Å². The molecule has 0 unspecified atom stereocenters. The predicted molar refractivity (Wildman–Crippen MR) is 65.2 cm³/mol. The quantitative estimate of drug-likeness (QED) is 0.708. The highest BCUT2D eigenvalue weighted by atomic mass is 79.9. The zero-order chi connectivity index (χ0) is 11.2. The molecule has 1 aliphatic rings. The van der Waals surface area contributed by atoms with Gasteiger partial charge in [0, 0.05) is 29.0 Å². The lowest BCUT2D eigenvalue weighted by atomic mass is 9.77. The SMILES string of the molecule is CN1C(=O)CC(C)(C)c2ccc(Br)cc21. The van der Waals surface area contributed by atoms with Crippen LogP contribution >= 0.6 is 15.9 Å². The lowest BCUT2D eigenvalue weighted by molar-refractivity contribution is -0.119. The van der Waals surface area contributed by atoms with Gasteiger partial charge in [-0.1, -0.05) is 35.8 Å². The molecule has 0 atom stereocenters. The monoisotopic (exact) mass is 267 g/mol. The van der Waals surface area contributed by atoms with Crippen LogP contribution in [-0.4, -0.2) is 13.0 Å². The second kappa shape index (κ2) is 3.34. The van der Waals surface area contributed by atoms with Crippen molar-refractivity contribution in [2.45, 2.75) is 25.7 Å². The Bertz CT molecular complexity index is 426. The summed E-state index contributed by atoms with van der Waals surface area (Å²) < 4.78 is 1.01. The van der Waals surface area contributed by atoms with Gasteiger partial charge in [-0.2, -0.15) is 0 Å². The largest absolute Gasteiger partial charge is 0.315 e. The van der Waals surface area contributed by atoms with Crippen LogP contribution in [0.2, 0.25) is 0 Å². The van der Waals surface area contributed by atoms with Gasteiger partial charge in [0.2, 0.25) is 5.91 Å². The number of nitrogens with zero attached hydrogens (tertiary/aromatic N) is 1. The number of hydrogen-bond acceptors (Lipinski definition) is 1. The van der Waals surface area contributed by atoms with Crippen LogP contribution in [0.4, 0.5) is 5.69 Å². The fourth-order valence-corrected chi connectivity index (χ4v) is 2.43. The molecule has 0 spiro atoms. The van der Waals surface area contributed by atoms with E-state index in [9.17, 15) is 4.79 Å². The molecule has 15 heavy (non-hydrogen) atoms. The lowest BCUT2D eigenvalue weighted by Gasteiger charge is -2.36. The second-order valence-corrected chi connectivity index (χ2v) is 5.59. The molecule has 0 fully saturated rings. The van der Waals surface area contributed by atoms with E-state index in [4.69, 9.17) is 0 Å². The van der Waals surface area contributed by atoms with Crippen molar-refractivity contribution in [3.8, 4) is 0 Å². The Hall–Kier alpha value is -0.830. The van der Waals surface area contributed by atoms with Crippen LogP contribution in [-0.2, 0) is 10.2 Å². The smallest absolute Gasteiger partial charge is 0.227 e. The Morgan fingerprint density at radius 1 is 1.40 bits per heavy atom. The van der Waals surface area contributed by atoms with Crippen molar-refractivity contribution in [2.24, 2.45) is 0 Å². The Morgan fingerprint density at radius 2 is 2.07 bits per heavy atom. The number of carbonyl (C=O) groups excluding carboxylic acids is 1. The molecular weight excluding hydrogens is 254 g/mol. The van der Waals surface area contributed by atoms with E-state index < -0.39 is 0 Å².